The molecule has 0 fully saturated rings. The van der Waals surface area contributed by atoms with E-state index in [1.807, 2.05) is 52.8 Å². The molecular weight excluding hydrogens is 314 g/mol. The minimum absolute atomic E-state index is 0.0297. The summed E-state index contributed by atoms with van der Waals surface area (Å²) in [7, 11) is 0. The van der Waals surface area contributed by atoms with Crippen molar-refractivity contribution in [3.8, 4) is 0 Å². The Morgan fingerprint density at radius 1 is 1.08 bits per heavy atom. The van der Waals surface area contributed by atoms with E-state index in [-0.39, 0.29) is 29.2 Å². The molecule has 0 amide bonds. The lowest BCUT2D eigenvalue weighted by atomic mass is 9.94. The quantitative estimate of drug-likeness (QED) is 0.549. The van der Waals surface area contributed by atoms with E-state index in [2.05, 4.69) is 0 Å². The molecule has 1 rings (SSSR count). The lowest BCUT2D eigenvalue weighted by Gasteiger charge is -2.11. The van der Waals surface area contributed by atoms with E-state index < -0.39 is 0 Å². The molecule has 140 valence electrons. The number of hydrogen-bond donors (Lipinski definition) is 1. The largest absolute Gasteiger partial charge is 0.398 e. The Kier molecular flexibility index (Phi) is 10.7. The van der Waals surface area contributed by atoms with Crippen molar-refractivity contribution in [1.82, 2.24) is 0 Å². The van der Waals surface area contributed by atoms with Crippen molar-refractivity contribution in [1.29, 1.82) is 0 Å². The lowest BCUT2D eigenvalue weighted by molar-refractivity contribution is -0.121. The van der Waals surface area contributed by atoms with Crippen LogP contribution >= 0.6 is 0 Å². The molecule has 2 N–H and O–H groups in total. The normalized spacial score (nSPS) is 11.5. The highest BCUT2D eigenvalue weighted by Crippen LogP contribution is 2.20. The van der Waals surface area contributed by atoms with Gasteiger partial charge in [-0.2, -0.15) is 0 Å². The predicted octanol–water partition coefficient (Wildman–Crippen LogP) is 4.64. The number of rotatable bonds is 8. The van der Waals surface area contributed by atoms with Crippen LogP contribution in [0.2, 0.25) is 0 Å². The van der Waals surface area contributed by atoms with Gasteiger partial charge in [0.25, 0.3) is 0 Å². The van der Waals surface area contributed by atoms with Gasteiger partial charge in [0.1, 0.15) is 11.6 Å². The lowest BCUT2D eigenvalue weighted by Crippen LogP contribution is -2.11. The van der Waals surface area contributed by atoms with E-state index in [1.165, 1.54) is 0 Å². The van der Waals surface area contributed by atoms with Crippen molar-refractivity contribution in [3.63, 3.8) is 0 Å². The van der Waals surface area contributed by atoms with E-state index in [9.17, 15) is 14.4 Å². The first-order chi connectivity index (χ1) is 11.6. The molecule has 0 radical (unpaired) electrons. The van der Waals surface area contributed by atoms with Crippen LogP contribution in [0.25, 0.3) is 0 Å². The van der Waals surface area contributed by atoms with Gasteiger partial charge < -0.3 is 5.73 Å². The summed E-state index contributed by atoms with van der Waals surface area (Å²) in [4.78, 5) is 33.4. The number of nitrogen functional groups attached to an aromatic ring is 1. The van der Waals surface area contributed by atoms with Gasteiger partial charge in [0.2, 0.25) is 0 Å². The average molecular weight is 347 g/mol. The monoisotopic (exact) mass is 347 g/mol. The molecule has 1 unspecified atom stereocenters. The molecule has 0 aromatic heterocycles. The Hall–Kier alpha value is -1.97. The zero-order valence-corrected chi connectivity index (χ0v) is 16.5. The van der Waals surface area contributed by atoms with Crippen LogP contribution in [0, 0.1) is 11.8 Å². The van der Waals surface area contributed by atoms with Crippen LogP contribution in [-0.2, 0) is 16.0 Å². The molecule has 0 aliphatic carbocycles. The van der Waals surface area contributed by atoms with Crippen molar-refractivity contribution in [3.05, 3.63) is 29.3 Å². The standard InChI is InChI=1S/C12H17NO.C9H16O2/c1-4-9-10(12(14)8(2)3)6-5-7-11(9)13;1-4-9(11)6-5-7(2)8(3)10/h5-8H,4,13H2,1-3H3;7H,4-6H2,1-3H3. The zero-order chi connectivity index (χ0) is 19.6. The molecule has 4 nitrogen and oxygen atoms in total. The van der Waals surface area contributed by atoms with Crippen molar-refractivity contribution >= 4 is 23.0 Å². The summed E-state index contributed by atoms with van der Waals surface area (Å²) >= 11 is 0. The number of hydrogen-bond acceptors (Lipinski definition) is 4. The molecule has 0 saturated carbocycles. The van der Waals surface area contributed by atoms with E-state index in [0.29, 0.717) is 19.3 Å². The molecular formula is C21H33NO3. The van der Waals surface area contributed by atoms with Crippen molar-refractivity contribution < 1.29 is 14.4 Å². The summed E-state index contributed by atoms with van der Waals surface area (Å²) in [6.07, 6.45) is 2.66. The summed E-state index contributed by atoms with van der Waals surface area (Å²) in [5.74, 6) is 0.675. The summed E-state index contributed by atoms with van der Waals surface area (Å²) in [5.41, 5.74) is 8.30. The van der Waals surface area contributed by atoms with Crippen molar-refractivity contribution in [2.75, 3.05) is 5.73 Å². The van der Waals surface area contributed by atoms with Crippen LogP contribution in [0.4, 0.5) is 5.69 Å². The van der Waals surface area contributed by atoms with Gasteiger partial charge in [-0.25, -0.2) is 0 Å². The van der Waals surface area contributed by atoms with Gasteiger partial charge in [-0.15, -0.1) is 0 Å². The van der Waals surface area contributed by atoms with Crippen LogP contribution < -0.4 is 5.73 Å². The van der Waals surface area contributed by atoms with Gasteiger partial charge in [0, 0.05) is 35.9 Å². The summed E-state index contributed by atoms with van der Waals surface area (Å²) in [6, 6.07) is 5.54. The summed E-state index contributed by atoms with van der Waals surface area (Å²) in [5, 5.41) is 0. The second kappa shape index (κ2) is 11.6. The maximum absolute atomic E-state index is 11.8. The molecule has 1 atom stereocenters. The van der Waals surface area contributed by atoms with E-state index in [0.717, 1.165) is 23.2 Å². The molecule has 0 aliphatic rings. The van der Waals surface area contributed by atoms with Crippen LogP contribution in [-0.4, -0.2) is 17.3 Å². The molecule has 1 aromatic rings. The fourth-order valence-corrected chi connectivity index (χ4v) is 2.30. The molecule has 0 aliphatic heterocycles. The molecule has 0 spiro atoms. The molecule has 0 heterocycles. The minimum atomic E-state index is 0.0297. The van der Waals surface area contributed by atoms with Gasteiger partial charge in [-0.05, 0) is 31.4 Å². The van der Waals surface area contributed by atoms with Gasteiger partial charge in [0.05, 0.1) is 0 Å². The summed E-state index contributed by atoms with van der Waals surface area (Å²) in [6.45, 7) is 11.1. The first kappa shape index (κ1) is 23.0. The number of anilines is 1. The van der Waals surface area contributed by atoms with E-state index in [1.54, 1.807) is 6.92 Å². The summed E-state index contributed by atoms with van der Waals surface area (Å²) < 4.78 is 0. The number of benzene rings is 1. The first-order valence-electron chi connectivity index (χ1n) is 9.09. The van der Waals surface area contributed by atoms with Crippen LogP contribution in [0.3, 0.4) is 0 Å². The van der Waals surface area contributed by atoms with Crippen LogP contribution in [0.1, 0.15) is 76.7 Å². The van der Waals surface area contributed by atoms with Crippen LogP contribution in [0.5, 0.6) is 0 Å². The number of ketones is 3. The topological polar surface area (TPSA) is 77.2 Å². The number of carbonyl (C=O) groups excluding carboxylic acids is 3. The van der Waals surface area contributed by atoms with E-state index in [4.69, 9.17) is 5.73 Å². The van der Waals surface area contributed by atoms with Gasteiger partial charge in [-0.1, -0.05) is 46.8 Å². The second-order valence-corrected chi connectivity index (χ2v) is 6.69. The van der Waals surface area contributed by atoms with Gasteiger partial charge in [-0.3, -0.25) is 14.4 Å². The van der Waals surface area contributed by atoms with E-state index >= 15 is 0 Å². The Labute approximate surface area is 152 Å². The van der Waals surface area contributed by atoms with Crippen molar-refractivity contribution in [2.24, 2.45) is 11.8 Å². The zero-order valence-electron chi connectivity index (χ0n) is 16.5. The average Bonchev–Trinajstić information content (AvgIpc) is 2.58. The van der Waals surface area contributed by atoms with Crippen molar-refractivity contribution in [2.45, 2.75) is 67.2 Å². The molecule has 25 heavy (non-hydrogen) atoms. The molecule has 0 saturated heterocycles. The van der Waals surface area contributed by atoms with Gasteiger partial charge in [0.15, 0.2) is 5.78 Å². The highest BCUT2D eigenvalue weighted by atomic mass is 16.1. The predicted molar refractivity (Wildman–Crippen MR) is 104 cm³/mol. The molecule has 1 aromatic carbocycles. The first-order valence-corrected chi connectivity index (χ1v) is 9.09. The highest BCUT2D eigenvalue weighted by Gasteiger charge is 2.15. The fraction of sp³-hybridized carbons (Fsp3) is 0.571. The highest BCUT2D eigenvalue weighted by molar-refractivity contribution is 5.99. The third-order valence-electron chi connectivity index (χ3n) is 4.30. The maximum atomic E-state index is 11.8. The fourth-order valence-electron chi connectivity index (χ4n) is 2.30. The SMILES string of the molecule is CCC(=O)CCC(C)C(C)=O.CCc1c(N)cccc1C(=O)C(C)C. The Morgan fingerprint density at radius 3 is 2.12 bits per heavy atom. The Morgan fingerprint density at radius 2 is 1.68 bits per heavy atom. The maximum Gasteiger partial charge on any atom is 0.165 e. The number of Topliss-reactive ketones (excluding diaryl/α,β-unsaturated/α-hetero) is 3. The minimum Gasteiger partial charge on any atom is -0.398 e. The Bertz CT molecular complexity index is 591. The Balaban J connectivity index is 0.000000477. The van der Waals surface area contributed by atoms with Crippen LogP contribution in [0.15, 0.2) is 18.2 Å². The third-order valence-corrected chi connectivity index (χ3v) is 4.30. The number of nitrogens with two attached hydrogens (primary N) is 1. The second-order valence-electron chi connectivity index (χ2n) is 6.69. The molecule has 0 bridgehead atoms. The third kappa shape index (κ3) is 8.10. The number of carbonyl (C=O) groups is 3. The smallest absolute Gasteiger partial charge is 0.165 e. The molecule has 4 heteroatoms. The van der Waals surface area contributed by atoms with Gasteiger partial charge >= 0.3 is 0 Å².